The number of aromatic nitrogens is 1. The third-order valence-electron chi connectivity index (χ3n) is 4.66. The molecule has 1 amide bonds. The van der Waals surface area contributed by atoms with Gasteiger partial charge in [0.05, 0.1) is 17.2 Å². The van der Waals surface area contributed by atoms with E-state index >= 15 is 0 Å². The van der Waals surface area contributed by atoms with Crippen molar-refractivity contribution in [3.05, 3.63) is 45.9 Å². The zero-order valence-corrected chi connectivity index (χ0v) is 17.5. The molecule has 2 heterocycles. The molecule has 2 aromatic rings. The van der Waals surface area contributed by atoms with Crippen molar-refractivity contribution in [3.8, 4) is 0 Å². The van der Waals surface area contributed by atoms with Crippen molar-refractivity contribution in [2.24, 2.45) is 4.99 Å². The second-order valence-electron chi connectivity index (χ2n) is 6.77. The number of guanidine groups is 1. The van der Waals surface area contributed by atoms with Gasteiger partial charge < -0.3 is 15.5 Å². The third-order valence-corrected chi connectivity index (χ3v) is 5.70. The quantitative estimate of drug-likeness (QED) is 0.529. The van der Waals surface area contributed by atoms with Crippen LogP contribution in [-0.2, 0) is 24.2 Å². The molecule has 1 aliphatic rings. The van der Waals surface area contributed by atoms with Gasteiger partial charge in [-0.15, -0.1) is 11.3 Å². The van der Waals surface area contributed by atoms with Crippen molar-refractivity contribution in [1.29, 1.82) is 0 Å². The summed E-state index contributed by atoms with van der Waals surface area (Å²) in [6.07, 6.45) is 3.49. The molecule has 0 bridgehead atoms. The average Bonchev–Trinajstić information content (AvgIpc) is 3.35. The zero-order chi connectivity index (χ0) is 19.8. The van der Waals surface area contributed by atoms with E-state index in [2.05, 4.69) is 52.0 Å². The van der Waals surface area contributed by atoms with Gasteiger partial charge in [-0.2, -0.15) is 0 Å². The fourth-order valence-corrected chi connectivity index (χ4v) is 3.93. The number of rotatable bonds is 8. The Bertz CT molecular complexity index is 799. The molecule has 1 saturated heterocycles. The number of carbonyl (C=O) groups is 1. The standard InChI is InChI=1S/C21H29N5OS/c1-3-19-25-17(15-28-19)11-12-23-21(22-4-2)24-14-16-7-9-18(10-8-16)26-13-5-6-20(26)27/h7-10,15H,3-6,11-14H2,1-2H3,(H2,22,23,24). The SMILES string of the molecule is CCNC(=NCc1ccc(N2CCCC2=O)cc1)NCCc1csc(CC)n1. The predicted octanol–water partition coefficient (Wildman–Crippen LogP) is 3.13. The second kappa shape index (κ2) is 10.2. The van der Waals surface area contributed by atoms with Crippen LogP contribution in [0.25, 0.3) is 0 Å². The van der Waals surface area contributed by atoms with E-state index in [9.17, 15) is 4.79 Å². The van der Waals surface area contributed by atoms with Crippen molar-refractivity contribution in [2.45, 2.75) is 46.1 Å². The summed E-state index contributed by atoms with van der Waals surface area (Å²) in [6, 6.07) is 8.13. The molecule has 0 aliphatic carbocycles. The summed E-state index contributed by atoms with van der Waals surface area (Å²) < 4.78 is 0. The maximum absolute atomic E-state index is 11.9. The van der Waals surface area contributed by atoms with Gasteiger partial charge in [-0.25, -0.2) is 9.98 Å². The van der Waals surface area contributed by atoms with Crippen LogP contribution in [0.5, 0.6) is 0 Å². The van der Waals surface area contributed by atoms with Gasteiger partial charge in [0.15, 0.2) is 5.96 Å². The Kier molecular flexibility index (Phi) is 7.42. The molecule has 0 unspecified atom stereocenters. The molecule has 1 aromatic heterocycles. The number of nitrogens with one attached hydrogen (secondary N) is 2. The lowest BCUT2D eigenvalue weighted by Gasteiger charge is -2.15. The number of nitrogens with zero attached hydrogens (tertiary/aromatic N) is 3. The molecule has 0 spiro atoms. The molecule has 150 valence electrons. The minimum atomic E-state index is 0.218. The summed E-state index contributed by atoms with van der Waals surface area (Å²) in [7, 11) is 0. The summed E-state index contributed by atoms with van der Waals surface area (Å²) in [5, 5.41) is 9.99. The highest BCUT2D eigenvalue weighted by Crippen LogP contribution is 2.21. The molecule has 0 radical (unpaired) electrons. The van der Waals surface area contributed by atoms with Gasteiger partial charge in [0.1, 0.15) is 0 Å². The Morgan fingerprint density at radius 2 is 2.07 bits per heavy atom. The highest BCUT2D eigenvalue weighted by atomic mass is 32.1. The van der Waals surface area contributed by atoms with E-state index in [4.69, 9.17) is 0 Å². The first kappa shape index (κ1) is 20.3. The number of amides is 1. The molecule has 1 aromatic carbocycles. The van der Waals surface area contributed by atoms with Gasteiger partial charge >= 0.3 is 0 Å². The number of hydrogen-bond acceptors (Lipinski definition) is 4. The number of anilines is 1. The molecule has 1 fully saturated rings. The molecule has 6 nitrogen and oxygen atoms in total. The smallest absolute Gasteiger partial charge is 0.227 e. The van der Waals surface area contributed by atoms with Crippen LogP contribution in [0.3, 0.4) is 0 Å². The number of thiazole rings is 1. The summed E-state index contributed by atoms with van der Waals surface area (Å²) in [6.45, 7) is 7.23. The summed E-state index contributed by atoms with van der Waals surface area (Å²) >= 11 is 1.73. The van der Waals surface area contributed by atoms with Crippen LogP contribution in [0.2, 0.25) is 0 Å². The highest BCUT2D eigenvalue weighted by molar-refractivity contribution is 7.09. The first-order valence-electron chi connectivity index (χ1n) is 10.0. The maximum Gasteiger partial charge on any atom is 0.227 e. The van der Waals surface area contributed by atoms with Crippen molar-refractivity contribution in [2.75, 3.05) is 24.5 Å². The normalized spacial score (nSPS) is 14.6. The third kappa shape index (κ3) is 5.55. The van der Waals surface area contributed by atoms with Crippen LogP contribution in [0.1, 0.15) is 43.0 Å². The van der Waals surface area contributed by atoms with E-state index in [1.165, 1.54) is 5.01 Å². The highest BCUT2D eigenvalue weighted by Gasteiger charge is 2.21. The molecule has 3 rings (SSSR count). The van der Waals surface area contributed by atoms with Crippen LogP contribution < -0.4 is 15.5 Å². The van der Waals surface area contributed by atoms with Crippen molar-refractivity contribution >= 4 is 28.9 Å². The monoisotopic (exact) mass is 399 g/mol. The van der Waals surface area contributed by atoms with Crippen molar-refractivity contribution in [1.82, 2.24) is 15.6 Å². The molecule has 28 heavy (non-hydrogen) atoms. The molecule has 0 atom stereocenters. The Morgan fingerprint density at radius 1 is 1.25 bits per heavy atom. The maximum atomic E-state index is 11.9. The van der Waals surface area contributed by atoms with Gasteiger partial charge in [0.25, 0.3) is 0 Å². The summed E-state index contributed by atoms with van der Waals surface area (Å²) in [4.78, 5) is 23.0. The number of aliphatic imine (C=N–C) groups is 1. The van der Waals surface area contributed by atoms with Crippen LogP contribution in [0.15, 0.2) is 34.6 Å². The molecular weight excluding hydrogens is 370 g/mol. The van der Waals surface area contributed by atoms with Gasteiger partial charge in [-0.1, -0.05) is 19.1 Å². The van der Waals surface area contributed by atoms with Crippen LogP contribution in [0.4, 0.5) is 5.69 Å². The Labute approximate surface area is 171 Å². The minimum absolute atomic E-state index is 0.218. The molecule has 0 saturated carbocycles. The van der Waals surface area contributed by atoms with E-state index in [0.717, 1.165) is 61.8 Å². The fourth-order valence-electron chi connectivity index (χ4n) is 3.15. The van der Waals surface area contributed by atoms with Crippen molar-refractivity contribution in [3.63, 3.8) is 0 Å². The van der Waals surface area contributed by atoms with E-state index in [-0.39, 0.29) is 5.91 Å². The predicted molar refractivity (Wildman–Crippen MR) is 116 cm³/mol. The Balaban J connectivity index is 1.52. The Morgan fingerprint density at radius 3 is 2.71 bits per heavy atom. The van der Waals surface area contributed by atoms with E-state index in [1.807, 2.05) is 17.0 Å². The lowest BCUT2D eigenvalue weighted by atomic mass is 10.2. The van der Waals surface area contributed by atoms with Gasteiger partial charge in [-0.3, -0.25) is 4.79 Å². The fraction of sp³-hybridized carbons (Fsp3) is 0.476. The van der Waals surface area contributed by atoms with Gasteiger partial charge in [0, 0.05) is 43.5 Å². The number of benzene rings is 1. The number of aryl methyl sites for hydroxylation is 1. The topological polar surface area (TPSA) is 69.6 Å². The van der Waals surface area contributed by atoms with E-state index in [1.54, 1.807) is 11.3 Å². The lowest BCUT2D eigenvalue weighted by Crippen LogP contribution is -2.38. The molecular formula is C21H29N5OS. The second-order valence-corrected chi connectivity index (χ2v) is 7.72. The summed E-state index contributed by atoms with van der Waals surface area (Å²) in [5.41, 5.74) is 3.24. The first-order valence-corrected chi connectivity index (χ1v) is 10.9. The molecule has 1 aliphatic heterocycles. The number of carbonyl (C=O) groups excluding carboxylic acids is 1. The largest absolute Gasteiger partial charge is 0.357 e. The first-order chi connectivity index (χ1) is 13.7. The van der Waals surface area contributed by atoms with Gasteiger partial charge in [0.2, 0.25) is 5.91 Å². The van der Waals surface area contributed by atoms with Gasteiger partial charge in [-0.05, 0) is 37.5 Å². The lowest BCUT2D eigenvalue weighted by molar-refractivity contribution is -0.117. The van der Waals surface area contributed by atoms with Crippen molar-refractivity contribution < 1.29 is 4.79 Å². The minimum Gasteiger partial charge on any atom is -0.357 e. The molecule has 2 N–H and O–H groups in total. The van der Waals surface area contributed by atoms with E-state index < -0.39 is 0 Å². The van der Waals surface area contributed by atoms with E-state index in [0.29, 0.717) is 13.0 Å². The summed E-state index contributed by atoms with van der Waals surface area (Å²) in [5.74, 6) is 1.03. The molecule has 7 heteroatoms. The average molecular weight is 400 g/mol. The Hall–Kier alpha value is -2.41. The van der Waals surface area contributed by atoms with Crippen LogP contribution >= 0.6 is 11.3 Å². The zero-order valence-electron chi connectivity index (χ0n) is 16.7. The van der Waals surface area contributed by atoms with Crippen LogP contribution in [0, 0.1) is 0 Å². The van der Waals surface area contributed by atoms with Crippen LogP contribution in [-0.4, -0.2) is 36.5 Å². The number of hydrogen-bond donors (Lipinski definition) is 2.